The highest BCUT2D eigenvalue weighted by atomic mass is 16.1. The minimum atomic E-state index is -0.439. The molecule has 16 heavy (non-hydrogen) atoms. The lowest BCUT2D eigenvalue weighted by Gasteiger charge is -2.29. The Hall–Kier alpha value is -0.660. The largest absolute Gasteiger partial charge is 0.300 e. The molecule has 2 heteroatoms. The normalized spacial score (nSPS) is 16.9. The molecule has 0 aliphatic heterocycles. The molecule has 0 saturated carbocycles. The lowest BCUT2D eigenvalue weighted by atomic mass is 9.73. The fourth-order valence-corrected chi connectivity index (χ4v) is 1.93. The van der Waals surface area contributed by atoms with E-state index in [9.17, 15) is 9.59 Å². The third-order valence-corrected chi connectivity index (χ3v) is 3.43. The SMILES string of the molecule is [CH2]CC(C)(CC(CC(C)C)C(C)=O)C(C)=O. The predicted molar refractivity (Wildman–Crippen MR) is 67.0 cm³/mol. The van der Waals surface area contributed by atoms with Crippen LogP contribution in [0.2, 0.25) is 0 Å². The maximum absolute atomic E-state index is 11.6. The van der Waals surface area contributed by atoms with Crippen LogP contribution in [0, 0.1) is 24.2 Å². The molecule has 93 valence electrons. The molecule has 0 rings (SSSR count). The minimum absolute atomic E-state index is 0.00403. The van der Waals surface area contributed by atoms with E-state index in [-0.39, 0.29) is 17.5 Å². The lowest BCUT2D eigenvalue weighted by Crippen LogP contribution is -2.30. The maximum atomic E-state index is 11.6. The van der Waals surface area contributed by atoms with E-state index in [1.807, 2.05) is 6.92 Å². The molecule has 0 aromatic heterocycles. The van der Waals surface area contributed by atoms with Crippen molar-refractivity contribution in [2.75, 3.05) is 0 Å². The van der Waals surface area contributed by atoms with Gasteiger partial charge in [0.05, 0.1) is 0 Å². The van der Waals surface area contributed by atoms with Crippen molar-refractivity contribution in [2.45, 2.75) is 53.9 Å². The molecule has 0 fully saturated rings. The first-order valence-corrected chi connectivity index (χ1v) is 6.03. The zero-order valence-corrected chi connectivity index (χ0v) is 11.3. The Labute approximate surface area is 99.8 Å². The fraction of sp³-hybridized carbons (Fsp3) is 0.786. The van der Waals surface area contributed by atoms with Crippen molar-refractivity contribution in [3.63, 3.8) is 0 Å². The average Bonchev–Trinajstić information content (AvgIpc) is 2.15. The highest BCUT2D eigenvalue weighted by Gasteiger charge is 2.32. The van der Waals surface area contributed by atoms with E-state index >= 15 is 0 Å². The number of carbonyl (C=O) groups excluding carboxylic acids is 2. The van der Waals surface area contributed by atoms with Crippen molar-refractivity contribution in [2.24, 2.45) is 17.3 Å². The Balaban J connectivity index is 4.72. The van der Waals surface area contributed by atoms with Gasteiger partial charge in [-0.3, -0.25) is 9.59 Å². The first-order valence-electron chi connectivity index (χ1n) is 6.03. The van der Waals surface area contributed by atoms with Crippen LogP contribution in [-0.2, 0) is 9.59 Å². The summed E-state index contributed by atoms with van der Waals surface area (Å²) in [5, 5.41) is 0. The molecule has 0 N–H and O–H groups in total. The molecule has 0 bridgehead atoms. The second-order valence-corrected chi connectivity index (χ2v) is 5.51. The quantitative estimate of drug-likeness (QED) is 0.665. The third kappa shape index (κ3) is 4.46. The molecule has 2 unspecified atom stereocenters. The first-order chi connectivity index (χ1) is 7.23. The molecule has 0 spiro atoms. The van der Waals surface area contributed by atoms with Gasteiger partial charge in [0, 0.05) is 11.3 Å². The Morgan fingerprint density at radius 2 is 1.75 bits per heavy atom. The van der Waals surface area contributed by atoms with Crippen LogP contribution in [0.1, 0.15) is 53.9 Å². The van der Waals surface area contributed by atoms with Crippen molar-refractivity contribution in [1.29, 1.82) is 0 Å². The van der Waals surface area contributed by atoms with Crippen molar-refractivity contribution in [3.8, 4) is 0 Å². The third-order valence-electron chi connectivity index (χ3n) is 3.43. The van der Waals surface area contributed by atoms with E-state index in [0.29, 0.717) is 18.8 Å². The summed E-state index contributed by atoms with van der Waals surface area (Å²) in [6.45, 7) is 13.2. The van der Waals surface area contributed by atoms with Gasteiger partial charge in [-0.2, -0.15) is 0 Å². The molecule has 0 aliphatic carbocycles. The number of hydrogen-bond acceptors (Lipinski definition) is 2. The maximum Gasteiger partial charge on any atom is 0.135 e. The highest BCUT2D eigenvalue weighted by molar-refractivity contribution is 5.84. The van der Waals surface area contributed by atoms with Crippen molar-refractivity contribution in [3.05, 3.63) is 6.92 Å². The van der Waals surface area contributed by atoms with Gasteiger partial charge in [-0.05, 0) is 39.0 Å². The molecular formula is C14H25O2. The number of hydrogen-bond donors (Lipinski definition) is 0. The van der Waals surface area contributed by atoms with Crippen LogP contribution in [0.3, 0.4) is 0 Å². The molecule has 1 radical (unpaired) electrons. The monoisotopic (exact) mass is 225 g/mol. The molecule has 0 aromatic rings. The number of Topliss-reactive ketones (excluding diaryl/α,β-unsaturated/α-hetero) is 2. The zero-order valence-electron chi connectivity index (χ0n) is 11.3. The Morgan fingerprint density at radius 3 is 2.00 bits per heavy atom. The van der Waals surface area contributed by atoms with Crippen LogP contribution in [0.15, 0.2) is 0 Å². The Morgan fingerprint density at radius 1 is 1.25 bits per heavy atom. The average molecular weight is 225 g/mol. The van der Waals surface area contributed by atoms with Gasteiger partial charge in [0.25, 0.3) is 0 Å². The molecule has 2 nitrogen and oxygen atoms in total. The summed E-state index contributed by atoms with van der Waals surface area (Å²) in [5.41, 5.74) is -0.439. The smallest absolute Gasteiger partial charge is 0.135 e. The molecule has 0 saturated heterocycles. The summed E-state index contributed by atoms with van der Waals surface area (Å²) >= 11 is 0. The summed E-state index contributed by atoms with van der Waals surface area (Å²) < 4.78 is 0. The fourth-order valence-electron chi connectivity index (χ4n) is 1.93. The van der Waals surface area contributed by atoms with Gasteiger partial charge in [0.1, 0.15) is 11.6 Å². The van der Waals surface area contributed by atoms with Crippen LogP contribution < -0.4 is 0 Å². The van der Waals surface area contributed by atoms with Gasteiger partial charge >= 0.3 is 0 Å². The number of carbonyl (C=O) groups is 2. The second-order valence-electron chi connectivity index (χ2n) is 5.51. The predicted octanol–water partition coefficient (Wildman–Crippen LogP) is 3.45. The van der Waals surface area contributed by atoms with Crippen LogP contribution in [-0.4, -0.2) is 11.6 Å². The van der Waals surface area contributed by atoms with Gasteiger partial charge in [0.2, 0.25) is 0 Å². The van der Waals surface area contributed by atoms with Crippen LogP contribution >= 0.6 is 0 Å². The molecule has 2 atom stereocenters. The summed E-state index contributed by atoms with van der Waals surface area (Å²) in [6, 6.07) is 0. The van der Waals surface area contributed by atoms with E-state index in [1.165, 1.54) is 0 Å². The minimum Gasteiger partial charge on any atom is -0.300 e. The Bertz CT molecular complexity index is 255. The van der Waals surface area contributed by atoms with E-state index in [1.54, 1.807) is 13.8 Å². The summed E-state index contributed by atoms with van der Waals surface area (Å²) in [7, 11) is 0. The zero-order chi connectivity index (χ0) is 12.9. The van der Waals surface area contributed by atoms with Crippen LogP contribution in [0.25, 0.3) is 0 Å². The van der Waals surface area contributed by atoms with Crippen molar-refractivity contribution >= 4 is 11.6 Å². The summed E-state index contributed by atoms with van der Waals surface area (Å²) in [4.78, 5) is 23.2. The van der Waals surface area contributed by atoms with Crippen LogP contribution in [0.4, 0.5) is 0 Å². The Kier molecular flexibility index (Phi) is 5.91. The van der Waals surface area contributed by atoms with E-state index in [2.05, 4.69) is 20.8 Å². The van der Waals surface area contributed by atoms with E-state index in [0.717, 1.165) is 6.42 Å². The molecule has 0 amide bonds. The summed E-state index contributed by atoms with van der Waals surface area (Å²) in [5.74, 6) is 0.803. The van der Waals surface area contributed by atoms with Gasteiger partial charge in [0.15, 0.2) is 0 Å². The molecule has 0 aliphatic rings. The second kappa shape index (κ2) is 6.17. The van der Waals surface area contributed by atoms with Gasteiger partial charge in [-0.1, -0.05) is 27.7 Å². The van der Waals surface area contributed by atoms with Crippen LogP contribution in [0.5, 0.6) is 0 Å². The van der Waals surface area contributed by atoms with E-state index in [4.69, 9.17) is 0 Å². The molecular weight excluding hydrogens is 200 g/mol. The van der Waals surface area contributed by atoms with Crippen molar-refractivity contribution in [1.82, 2.24) is 0 Å². The lowest BCUT2D eigenvalue weighted by molar-refractivity contribution is -0.128. The standard InChI is InChI=1S/C14H25O2/c1-7-14(6,12(5)16)9-13(11(4)15)8-10(2)3/h10,13H,1,7-9H2,2-6H3. The van der Waals surface area contributed by atoms with Gasteiger partial charge < -0.3 is 0 Å². The first kappa shape index (κ1) is 15.3. The number of rotatable bonds is 7. The highest BCUT2D eigenvalue weighted by Crippen LogP contribution is 2.33. The number of ketones is 2. The van der Waals surface area contributed by atoms with Gasteiger partial charge in [-0.25, -0.2) is 0 Å². The van der Waals surface area contributed by atoms with E-state index < -0.39 is 5.41 Å². The molecule has 0 aromatic carbocycles. The topological polar surface area (TPSA) is 34.1 Å². The molecule has 0 heterocycles. The summed E-state index contributed by atoms with van der Waals surface area (Å²) in [6.07, 6.45) is 2.06. The van der Waals surface area contributed by atoms with Gasteiger partial charge in [-0.15, -0.1) is 0 Å². The van der Waals surface area contributed by atoms with Crippen molar-refractivity contribution < 1.29 is 9.59 Å².